The normalized spacial score (nSPS) is 21.7. The summed E-state index contributed by atoms with van der Waals surface area (Å²) in [5, 5.41) is 1.25. The van der Waals surface area contributed by atoms with Crippen molar-refractivity contribution in [1.29, 1.82) is 0 Å². The minimum absolute atomic E-state index is 0.139. The number of aromatic nitrogens is 2. The van der Waals surface area contributed by atoms with Crippen LogP contribution < -0.4 is 9.13 Å². The predicted molar refractivity (Wildman–Crippen MR) is 234 cm³/mol. The fourth-order valence-electron chi connectivity index (χ4n) is 7.42. The summed E-state index contributed by atoms with van der Waals surface area (Å²) >= 11 is 12.4. The molecule has 2 aliphatic carbocycles. The fourth-order valence-corrected chi connectivity index (χ4v) is 7.79. The van der Waals surface area contributed by atoms with Crippen LogP contribution in [0.5, 0.6) is 0 Å². The van der Waals surface area contributed by atoms with Gasteiger partial charge in [0.1, 0.15) is 10.0 Å². The number of pyridine rings is 2. The van der Waals surface area contributed by atoms with E-state index in [0.29, 0.717) is 22.9 Å². The number of carbonyl (C=O) groups excluding carboxylic acids is 2. The van der Waals surface area contributed by atoms with E-state index in [2.05, 4.69) is 128 Å². The second-order valence-electron chi connectivity index (χ2n) is 16.4. The number of ketones is 2. The molecule has 292 valence electrons. The smallest absolute Gasteiger partial charge is 0.226 e. The maximum atomic E-state index is 13.4. The Morgan fingerprint density at radius 2 is 0.929 bits per heavy atom. The first-order valence-corrected chi connectivity index (χ1v) is 20.1. The summed E-state index contributed by atoms with van der Waals surface area (Å²) in [7, 11) is 0. The van der Waals surface area contributed by atoms with Crippen molar-refractivity contribution in [2.45, 2.75) is 94.2 Å². The van der Waals surface area contributed by atoms with Gasteiger partial charge in [0.15, 0.2) is 24.8 Å². The molecule has 4 rings (SSSR count). The SMILES string of the molecule is CC1=C(/C=C/C(C)=C/C=C/C(C)=C/C=C/C=C(C)/C=C/C=C(C)/C=C/C2=C(C)C(=O)C([n+]3cccc(Cl)c3)CC2(C)C)C(C)(C)CC([n+]2cccc(Cl)c2)C1=O. The molecule has 2 heterocycles. The van der Waals surface area contributed by atoms with Crippen LogP contribution in [0.3, 0.4) is 0 Å². The fraction of sp³-hybridized carbons (Fsp3) is 0.320. The maximum Gasteiger partial charge on any atom is 0.226 e. The number of hydrogen-bond donors (Lipinski definition) is 0. The zero-order valence-corrected chi connectivity index (χ0v) is 36.2. The molecule has 0 aliphatic heterocycles. The van der Waals surface area contributed by atoms with E-state index in [1.54, 1.807) is 0 Å². The Morgan fingerprint density at radius 3 is 1.29 bits per heavy atom. The van der Waals surface area contributed by atoms with Gasteiger partial charge in [0, 0.05) is 36.1 Å². The summed E-state index contributed by atoms with van der Waals surface area (Å²) in [6.07, 6.45) is 38.0. The minimum atomic E-state index is -0.256. The number of carbonyl (C=O) groups is 2. The number of hydrogen-bond acceptors (Lipinski definition) is 2. The molecule has 0 radical (unpaired) electrons. The molecule has 2 aliphatic rings. The van der Waals surface area contributed by atoms with Gasteiger partial charge in [0.25, 0.3) is 0 Å². The van der Waals surface area contributed by atoms with Crippen LogP contribution in [0.15, 0.2) is 179 Å². The monoisotopic (exact) mass is 788 g/mol. The third-order valence-corrected chi connectivity index (χ3v) is 11.0. The highest BCUT2D eigenvalue weighted by atomic mass is 35.5. The number of rotatable bonds is 12. The van der Waals surface area contributed by atoms with Crippen LogP contribution in [-0.2, 0) is 9.59 Å². The predicted octanol–water partition coefficient (Wildman–Crippen LogP) is 12.5. The van der Waals surface area contributed by atoms with Gasteiger partial charge < -0.3 is 0 Å². The van der Waals surface area contributed by atoms with Gasteiger partial charge in [-0.15, -0.1) is 0 Å². The average Bonchev–Trinajstić information content (AvgIpc) is 3.13. The van der Waals surface area contributed by atoms with Crippen molar-refractivity contribution >= 4 is 34.8 Å². The lowest BCUT2D eigenvalue weighted by Gasteiger charge is -2.34. The second kappa shape index (κ2) is 19.5. The maximum absolute atomic E-state index is 13.4. The van der Waals surface area contributed by atoms with Crippen LogP contribution in [0.25, 0.3) is 0 Å². The molecule has 6 heteroatoms. The second-order valence-corrected chi connectivity index (χ2v) is 17.2. The number of Topliss-reactive ketones (excluding diaryl/α,β-unsaturated/α-hetero) is 2. The minimum Gasteiger partial charge on any atom is -0.287 e. The van der Waals surface area contributed by atoms with E-state index in [1.165, 1.54) is 0 Å². The Morgan fingerprint density at radius 1 is 0.589 bits per heavy atom. The highest BCUT2D eigenvalue weighted by Gasteiger charge is 2.44. The molecule has 4 nitrogen and oxygen atoms in total. The van der Waals surface area contributed by atoms with Crippen LogP contribution in [0.2, 0.25) is 10.0 Å². The third-order valence-electron chi connectivity index (χ3n) is 10.6. The molecule has 0 saturated carbocycles. The molecule has 0 saturated heterocycles. The zero-order chi connectivity index (χ0) is 41.2. The van der Waals surface area contributed by atoms with Gasteiger partial charge >= 0.3 is 0 Å². The van der Waals surface area contributed by atoms with Gasteiger partial charge in [-0.3, -0.25) is 9.59 Å². The van der Waals surface area contributed by atoms with Crippen LogP contribution >= 0.6 is 23.2 Å². The number of nitrogens with zero attached hydrogens (tertiary/aromatic N) is 2. The molecule has 0 spiro atoms. The standard InChI is InChI=1S/C50H58Cl2N2O2/c1-35(19-13-21-37(3)25-27-43-39(5)47(55)45(31-49(43,7)8)53-29-15-23-41(51)33-53)17-11-12-18-36(2)20-14-22-38(4)26-28-44-40(6)48(56)46(32-50(44,9)10)54-30-16-24-42(52)34-54/h11-30,33-34,45-46H,31-32H2,1-10H3/q+2/b12-11+,19-13+,20-14+,27-25+,28-26+,35-17+,36-18+,37-21+,38-22+. The summed E-state index contributed by atoms with van der Waals surface area (Å²) in [6.45, 7) is 21.0. The van der Waals surface area contributed by atoms with Crippen LogP contribution in [0.1, 0.15) is 94.2 Å². The van der Waals surface area contributed by atoms with Crippen molar-refractivity contribution in [2.24, 2.45) is 10.8 Å². The molecular formula is C50H58Cl2N2O2+2. The van der Waals surface area contributed by atoms with Crippen LogP contribution in [0.4, 0.5) is 0 Å². The summed E-state index contributed by atoms with van der Waals surface area (Å²) in [6, 6.07) is 6.90. The summed E-state index contributed by atoms with van der Waals surface area (Å²) < 4.78 is 3.88. The van der Waals surface area contributed by atoms with Crippen molar-refractivity contribution < 1.29 is 18.7 Å². The first-order valence-electron chi connectivity index (χ1n) is 19.3. The van der Waals surface area contributed by atoms with Crippen molar-refractivity contribution in [3.05, 3.63) is 189 Å². The Kier molecular flexibility index (Phi) is 15.3. The van der Waals surface area contributed by atoms with Gasteiger partial charge in [0.2, 0.25) is 23.7 Å². The first kappa shape index (κ1) is 44.1. The van der Waals surface area contributed by atoms with Gasteiger partial charge in [-0.25, -0.2) is 0 Å². The van der Waals surface area contributed by atoms with E-state index >= 15 is 0 Å². The molecule has 0 N–H and O–H groups in total. The lowest BCUT2D eigenvalue weighted by atomic mass is 9.70. The van der Waals surface area contributed by atoms with E-state index in [0.717, 1.165) is 44.6 Å². The highest BCUT2D eigenvalue weighted by molar-refractivity contribution is 6.30. The van der Waals surface area contributed by atoms with E-state index in [4.69, 9.17) is 23.2 Å². The Balaban J connectivity index is 1.31. The van der Waals surface area contributed by atoms with Crippen LogP contribution in [-0.4, -0.2) is 11.6 Å². The Bertz CT molecular complexity index is 2020. The lowest BCUT2D eigenvalue weighted by Crippen LogP contribution is -2.48. The van der Waals surface area contributed by atoms with Crippen molar-refractivity contribution in [3.63, 3.8) is 0 Å². The van der Waals surface area contributed by atoms with Crippen molar-refractivity contribution in [2.75, 3.05) is 0 Å². The highest BCUT2D eigenvalue weighted by Crippen LogP contribution is 2.43. The lowest BCUT2D eigenvalue weighted by molar-refractivity contribution is -0.711. The Labute approximate surface area is 345 Å². The summed E-state index contributed by atoms with van der Waals surface area (Å²) in [4.78, 5) is 26.7. The molecule has 56 heavy (non-hydrogen) atoms. The summed E-state index contributed by atoms with van der Waals surface area (Å²) in [5.41, 5.74) is 7.92. The van der Waals surface area contributed by atoms with Gasteiger partial charge in [-0.05, 0) is 75.7 Å². The molecular weight excluding hydrogens is 731 g/mol. The van der Waals surface area contributed by atoms with Gasteiger partial charge in [-0.2, -0.15) is 9.13 Å². The van der Waals surface area contributed by atoms with Crippen molar-refractivity contribution in [3.8, 4) is 0 Å². The molecule has 2 aromatic rings. The molecule has 0 amide bonds. The molecule has 0 fully saturated rings. The van der Waals surface area contributed by atoms with Crippen molar-refractivity contribution in [1.82, 2.24) is 0 Å². The van der Waals surface area contributed by atoms with E-state index in [-0.39, 0.29) is 34.5 Å². The largest absolute Gasteiger partial charge is 0.287 e. The molecule has 0 bridgehead atoms. The van der Waals surface area contributed by atoms with E-state index in [1.807, 2.05) is 84.2 Å². The first-order chi connectivity index (χ1) is 26.4. The van der Waals surface area contributed by atoms with E-state index < -0.39 is 0 Å². The topological polar surface area (TPSA) is 41.9 Å². The average molecular weight is 790 g/mol. The van der Waals surface area contributed by atoms with E-state index in [9.17, 15) is 9.59 Å². The van der Waals surface area contributed by atoms with Crippen LogP contribution in [0, 0.1) is 10.8 Å². The third kappa shape index (κ3) is 11.9. The molecule has 2 aromatic heterocycles. The number of allylic oxidation sites excluding steroid dienone is 22. The molecule has 2 unspecified atom stereocenters. The Hall–Kier alpha value is -4.64. The number of halogens is 2. The summed E-state index contributed by atoms with van der Waals surface area (Å²) in [5.74, 6) is 0.277. The quantitative estimate of drug-likeness (QED) is 0.159. The zero-order valence-electron chi connectivity index (χ0n) is 34.7. The van der Waals surface area contributed by atoms with Gasteiger partial charge in [-0.1, -0.05) is 158 Å². The molecule has 2 atom stereocenters. The van der Waals surface area contributed by atoms with Gasteiger partial charge in [0.05, 0.1) is 0 Å². The molecule has 0 aromatic carbocycles.